The van der Waals surface area contributed by atoms with Gasteiger partial charge in [0.25, 0.3) is 0 Å². The van der Waals surface area contributed by atoms with E-state index in [1.165, 1.54) is 15.8 Å². The van der Waals surface area contributed by atoms with E-state index in [4.69, 9.17) is 5.73 Å². The summed E-state index contributed by atoms with van der Waals surface area (Å²) in [6.45, 7) is 4.32. The van der Waals surface area contributed by atoms with Crippen molar-refractivity contribution < 1.29 is 0 Å². The first kappa shape index (κ1) is 10.2. The van der Waals surface area contributed by atoms with Crippen LogP contribution in [0.5, 0.6) is 0 Å². The van der Waals surface area contributed by atoms with Gasteiger partial charge in [0.15, 0.2) is 0 Å². The highest BCUT2D eigenvalue weighted by Gasteiger charge is 2.27. The molecule has 0 radical (unpaired) electrons. The van der Waals surface area contributed by atoms with E-state index in [-0.39, 0.29) is 0 Å². The van der Waals surface area contributed by atoms with Crippen molar-refractivity contribution in [3.63, 3.8) is 0 Å². The van der Waals surface area contributed by atoms with Crippen LogP contribution in [0.3, 0.4) is 0 Å². The van der Waals surface area contributed by atoms with E-state index in [1.54, 1.807) is 6.33 Å². The van der Waals surface area contributed by atoms with Crippen LogP contribution in [0.15, 0.2) is 6.33 Å². The molecule has 4 heteroatoms. The second-order valence-corrected chi connectivity index (χ2v) is 5.72. The number of hydrogen-bond acceptors (Lipinski definition) is 4. The number of fused-ring (bicyclic) bond motifs is 3. The Morgan fingerprint density at radius 3 is 3.06 bits per heavy atom. The molecule has 2 aromatic heterocycles. The highest BCUT2D eigenvalue weighted by molar-refractivity contribution is 7.19. The molecule has 1 aliphatic rings. The van der Waals surface area contributed by atoms with Gasteiger partial charge < -0.3 is 5.73 Å². The molecule has 0 bridgehead atoms. The Hall–Kier alpha value is -1.00. The average molecular weight is 233 g/mol. The minimum atomic E-state index is 0.292. The summed E-state index contributed by atoms with van der Waals surface area (Å²) in [5, 5.41) is 1.25. The zero-order valence-corrected chi connectivity index (χ0v) is 10.3. The summed E-state index contributed by atoms with van der Waals surface area (Å²) in [5.41, 5.74) is 8.60. The number of thiophene rings is 1. The van der Waals surface area contributed by atoms with Gasteiger partial charge in [0.1, 0.15) is 11.2 Å². The molecular weight excluding hydrogens is 218 g/mol. The third-order valence-electron chi connectivity index (χ3n) is 3.38. The van der Waals surface area contributed by atoms with Gasteiger partial charge in [-0.15, -0.1) is 11.3 Å². The summed E-state index contributed by atoms with van der Waals surface area (Å²) in [7, 11) is 0. The molecule has 16 heavy (non-hydrogen) atoms. The van der Waals surface area contributed by atoms with E-state index < -0.39 is 0 Å². The monoisotopic (exact) mass is 233 g/mol. The third kappa shape index (κ3) is 1.37. The minimum Gasteiger partial charge on any atom is -0.327 e. The summed E-state index contributed by atoms with van der Waals surface area (Å²) in [4.78, 5) is 11.3. The number of rotatable bonds is 0. The van der Waals surface area contributed by atoms with E-state index in [1.807, 2.05) is 11.3 Å². The molecule has 0 spiro atoms. The van der Waals surface area contributed by atoms with Gasteiger partial charge in [0, 0.05) is 22.0 Å². The number of aromatic nitrogens is 2. The first-order valence-corrected chi connectivity index (χ1v) is 6.47. The Kier molecular flexibility index (Phi) is 2.23. The SMILES string of the molecule is Cc1ncnc2sc3c(c12)CC(N)CC3C. The molecule has 0 aromatic carbocycles. The van der Waals surface area contributed by atoms with Crippen LogP contribution >= 0.6 is 11.3 Å². The normalized spacial score (nSPS) is 24.7. The van der Waals surface area contributed by atoms with Gasteiger partial charge in [0.2, 0.25) is 0 Å². The van der Waals surface area contributed by atoms with Gasteiger partial charge in [-0.25, -0.2) is 9.97 Å². The molecule has 0 aliphatic heterocycles. The summed E-state index contributed by atoms with van der Waals surface area (Å²) in [6.07, 6.45) is 3.73. The van der Waals surface area contributed by atoms with Gasteiger partial charge in [-0.05, 0) is 31.2 Å². The largest absolute Gasteiger partial charge is 0.327 e. The summed E-state index contributed by atoms with van der Waals surface area (Å²) in [5.74, 6) is 0.567. The standard InChI is InChI=1S/C12H15N3S/c1-6-3-8(13)4-9-10-7(2)14-5-15-12(10)16-11(6)9/h5-6,8H,3-4,13H2,1-2H3. The van der Waals surface area contributed by atoms with Crippen LogP contribution in [0.25, 0.3) is 10.2 Å². The number of hydrogen-bond donors (Lipinski definition) is 1. The van der Waals surface area contributed by atoms with Crippen LogP contribution in [0.2, 0.25) is 0 Å². The Balaban J connectivity index is 2.32. The molecule has 0 saturated heterocycles. The van der Waals surface area contributed by atoms with Gasteiger partial charge in [-0.3, -0.25) is 0 Å². The molecule has 0 saturated carbocycles. The second kappa shape index (κ2) is 3.50. The summed E-state index contributed by atoms with van der Waals surface area (Å²) < 4.78 is 0. The molecule has 2 unspecified atom stereocenters. The fraction of sp³-hybridized carbons (Fsp3) is 0.500. The van der Waals surface area contributed by atoms with E-state index in [2.05, 4.69) is 23.8 Å². The van der Waals surface area contributed by atoms with Crippen LogP contribution in [-0.2, 0) is 6.42 Å². The maximum absolute atomic E-state index is 6.10. The summed E-state index contributed by atoms with van der Waals surface area (Å²) in [6, 6.07) is 0.292. The van der Waals surface area contributed by atoms with Gasteiger partial charge in [-0.1, -0.05) is 6.92 Å². The van der Waals surface area contributed by atoms with E-state index >= 15 is 0 Å². The van der Waals surface area contributed by atoms with Gasteiger partial charge in [0.05, 0.1) is 0 Å². The van der Waals surface area contributed by atoms with Crippen molar-refractivity contribution >= 4 is 21.6 Å². The quantitative estimate of drug-likeness (QED) is 0.760. The van der Waals surface area contributed by atoms with E-state index in [9.17, 15) is 0 Å². The molecule has 3 nitrogen and oxygen atoms in total. The molecular formula is C12H15N3S. The second-order valence-electron chi connectivity index (χ2n) is 4.69. The molecule has 84 valence electrons. The lowest BCUT2D eigenvalue weighted by Gasteiger charge is -2.24. The van der Waals surface area contributed by atoms with Crippen LogP contribution < -0.4 is 5.73 Å². The highest BCUT2D eigenvalue weighted by atomic mass is 32.1. The molecule has 2 aromatic rings. The Labute approximate surface area is 98.7 Å². The molecule has 2 heterocycles. The zero-order valence-electron chi connectivity index (χ0n) is 9.53. The van der Waals surface area contributed by atoms with Gasteiger partial charge >= 0.3 is 0 Å². The molecule has 3 rings (SSSR count). The maximum Gasteiger partial charge on any atom is 0.127 e. The summed E-state index contributed by atoms with van der Waals surface area (Å²) >= 11 is 1.82. The van der Waals surface area contributed by atoms with Crippen molar-refractivity contribution in [2.24, 2.45) is 5.73 Å². The van der Waals surface area contributed by atoms with Crippen LogP contribution in [-0.4, -0.2) is 16.0 Å². The Morgan fingerprint density at radius 2 is 2.25 bits per heavy atom. The Bertz CT molecular complexity index is 546. The average Bonchev–Trinajstić information content (AvgIpc) is 2.58. The molecule has 2 N–H and O–H groups in total. The lowest BCUT2D eigenvalue weighted by molar-refractivity contribution is 0.523. The zero-order chi connectivity index (χ0) is 11.3. The first-order chi connectivity index (χ1) is 7.66. The minimum absolute atomic E-state index is 0.292. The fourth-order valence-electron chi connectivity index (χ4n) is 2.67. The predicted molar refractivity (Wildman–Crippen MR) is 66.9 cm³/mol. The molecule has 0 fully saturated rings. The maximum atomic E-state index is 6.10. The predicted octanol–water partition coefficient (Wildman–Crippen LogP) is 2.38. The molecule has 2 atom stereocenters. The van der Waals surface area contributed by atoms with Crippen molar-refractivity contribution in [2.45, 2.75) is 38.6 Å². The highest BCUT2D eigenvalue weighted by Crippen LogP contribution is 2.41. The number of aryl methyl sites for hydroxylation is 1. The van der Waals surface area contributed by atoms with Crippen molar-refractivity contribution in [1.82, 2.24) is 9.97 Å². The van der Waals surface area contributed by atoms with Crippen molar-refractivity contribution in [1.29, 1.82) is 0 Å². The lowest BCUT2D eigenvalue weighted by Crippen LogP contribution is -2.28. The Morgan fingerprint density at radius 1 is 1.44 bits per heavy atom. The van der Waals surface area contributed by atoms with Crippen LogP contribution in [0.1, 0.15) is 35.4 Å². The molecule has 1 aliphatic carbocycles. The topological polar surface area (TPSA) is 51.8 Å². The smallest absolute Gasteiger partial charge is 0.127 e. The van der Waals surface area contributed by atoms with Crippen molar-refractivity contribution in [2.75, 3.05) is 0 Å². The first-order valence-electron chi connectivity index (χ1n) is 5.65. The number of nitrogens with zero attached hydrogens (tertiary/aromatic N) is 2. The van der Waals surface area contributed by atoms with Crippen LogP contribution in [0, 0.1) is 6.92 Å². The molecule has 0 amide bonds. The fourth-order valence-corrected chi connectivity index (χ4v) is 3.96. The van der Waals surface area contributed by atoms with Crippen molar-refractivity contribution in [3.8, 4) is 0 Å². The number of nitrogens with two attached hydrogens (primary N) is 1. The lowest BCUT2D eigenvalue weighted by atomic mass is 9.86. The third-order valence-corrected chi connectivity index (χ3v) is 4.75. The van der Waals surface area contributed by atoms with E-state index in [0.29, 0.717) is 12.0 Å². The van der Waals surface area contributed by atoms with Gasteiger partial charge in [-0.2, -0.15) is 0 Å². The van der Waals surface area contributed by atoms with Crippen LogP contribution in [0.4, 0.5) is 0 Å². The van der Waals surface area contributed by atoms with E-state index in [0.717, 1.165) is 23.4 Å². The van der Waals surface area contributed by atoms with Crippen molar-refractivity contribution in [3.05, 3.63) is 22.5 Å².